The molecule has 1 saturated carbocycles. The van der Waals surface area contributed by atoms with E-state index in [9.17, 15) is 13.2 Å². The molecule has 1 unspecified atom stereocenters. The molecule has 0 amide bonds. The third kappa shape index (κ3) is 5.44. The van der Waals surface area contributed by atoms with Crippen molar-refractivity contribution < 1.29 is 8.42 Å². The molecule has 1 atom stereocenters. The molecular weight excluding hydrogens is 454 g/mol. The molecule has 4 rings (SSSR count). The van der Waals surface area contributed by atoms with Gasteiger partial charge in [-0.1, -0.05) is 25.8 Å². The van der Waals surface area contributed by atoms with Crippen LogP contribution in [0.4, 0.5) is 0 Å². The van der Waals surface area contributed by atoms with E-state index in [1.807, 2.05) is 38.1 Å². The summed E-state index contributed by atoms with van der Waals surface area (Å²) in [7, 11) is -3.69. The number of rotatable bonds is 8. The Morgan fingerprint density at radius 2 is 2.03 bits per heavy atom. The van der Waals surface area contributed by atoms with Crippen LogP contribution in [0.15, 0.2) is 51.6 Å². The zero-order valence-electron chi connectivity index (χ0n) is 17.4. The van der Waals surface area contributed by atoms with Crippen LogP contribution in [0, 0.1) is 12.8 Å². The molecule has 0 aliphatic heterocycles. The number of hydrogen-bond donors (Lipinski definition) is 2. The Bertz CT molecular complexity index is 1200. The lowest BCUT2D eigenvalue weighted by Gasteiger charge is -2.17. The lowest BCUT2D eigenvalue weighted by atomic mass is 10.1. The predicted octanol–water partition coefficient (Wildman–Crippen LogP) is 4.61. The van der Waals surface area contributed by atoms with Crippen LogP contribution in [0.1, 0.15) is 49.2 Å². The Hall–Kier alpha value is -2.00. The van der Waals surface area contributed by atoms with E-state index in [1.165, 1.54) is 11.3 Å². The number of nitrogens with zero attached hydrogens (tertiary/aromatic N) is 1. The fraction of sp³-hybridized carbons (Fsp3) is 0.364. The van der Waals surface area contributed by atoms with Gasteiger partial charge in [-0.25, -0.2) is 13.1 Å². The number of H-pyrrole nitrogens is 1. The highest BCUT2D eigenvalue weighted by molar-refractivity contribution is 7.91. The van der Waals surface area contributed by atoms with Crippen molar-refractivity contribution in [1.82, 2.24) is 14.7 Å². The van der Waals surface area contributed by atoms with E-state index in [2.05, 4.69) is 14.7 Å². The second-order valence-corrected chi connectivity index (χ2v) is 10.8. The fourth-order valence-electron chi connectivity index (χ4n) is 3.54. The SMILES string of the molecule is CCc1cc(-c2ccc(S(=O)(=O)NC(CC3CC3)c3ccccn3)s2)c(C)[nH]c1=O.Cl. The maximum absolute atomic E-state index is 13.1. The summed E-state index contributed by atoms with van der Waals surface area (Å²) in [4.78, 5) is 20.1. The number of aryl methyl sites for hydroxylation is 2. The highest BCUT2D eigenvalue weighted by atomic mass is 35.5. The predicted molar refractivity (Wildman–Crippen MR) is 126 cm³/mol. The molecule has 0 saturated heterocycles. The van der Waals surface area contributed by atoms with E-state index >= 15 is 0 Å². The van der Waals surface area contributed by atoms with Crippen molar-refractivity contribution in [2.75, 3.05) is 0 Å². The average molecular weight is 480 g/mol. The number of thiophene rings is 1. The van der Waals surface area contributed by atoms with Crippen molar-refractivity contribution in [3.63, 3.8) is 0 Å². The summed E-state index contributed by atoms with van der Waals surface area (Å²) in [6.45, 7) is 3.75. The summed E-state index contributed by atoms with van der Waals surface area (Å²) >= 11 is 1.21. The maximum Gasteiger partial charge on any atom is 0.251 e. The Balaban J connectivity index is 0.00000272. The van der Waals surface area contributed by atoms with Crippen LogP contribution in [0.3, 0.4) is 0 Å². The molecule has 6 nitrogen and oxygen atoms in total. The van der Waals surface area contributed by atoms with Gasteiger partial charge in [0, 0.05) is 27.9 Å². The minimum Gasteiger partial charge on any atom is -0.326 e. The first-order valence-electron chi connectivity index (χ1n) is 10.1. The van der Waals surface area contributed by atoms with Crippen LogP contribution in [0.25, 0.3) is 10.4 Å². The first kappa shape index (κ1) is 23.7. The molecule has 0 radical (unpaired) electrons. The molecular formula is C22H26ClN3O3S2. The highest BCUT2D eigenvalue weighted by Crippen LogP contribution is 2.38. The minimum atomic E-state index is -3.69. The molecule has 1 fully saturated rings. The van der Waals surface area contributed by atoms with Crippen molar-refractivity contribution in [3.8, 4) is 10.4 Å². The van der Waals surface area contributed by atoms with Gasteiger partial charge in [-0.2, -0.15) is 0 Å². The largest absolute Gasteiger partial charge is 0.326 e. The Kier molecular flexibility index (Phi) is 7.36. The van der Waals surface area contributed by atoms with Gasteiger partial charge in [-0.15, -0.1) is 23.7 Å². The molecule has 3 aromatic rings. The summed E-state index contributed by atoms with van der Waals surface area (Å²) < 4.78 is 29.4. The van der Waals surface area contributed by atoms with Crippen molar-refractivity contribution in [2.45, 2.75) is 49.8 Å². The number of aromatic nitrogens is 2. The first-order valence-corrected chi connectivity index (χ1v) is 12.4. The summed E-state index contributed by atoms with van der Waals surface area (Å²) in [5.41, 5.74) is 2.93. The zero-order valence-corrected chi connectivity index (χ0v) is 19.9. The molecule has 3 aromatic heterocycles. The third-order valence-electron chi connectivity index (χ3n) is 5.42. The van der Waals surface area contributed by atoms with E-state index in [-0.39, 0.29) is 28.2 Å². The lowest BCUT2D eigenvalue weighted by Crippen LogP contribution is -2.29. The first-order chi connectivity index (χ1) is 14.4. The number of sulfonamides is 1. The van der Waals surface area contributed by atoms with Gasteiger partial charge >= 0.3 is 0 Å². The van der Waals surface area contributed by atoms with Crippen LogP contribution >= 0.6 is 23.7 Å². The minimum absolute atomic E-state index is 0. The summed E-state index contributed by atoms with van der Waals surface area (Å²) in [6, 6.07) is 10.5. The normalized spacial score (nSPS) is 14.8. The highest BCUT2D eigenvalue weighted by Gasteiger charge is 2.30. The van der Waals surface area contributed by atoms with Gasteiger partial charge < -0.3 is 4.98 Å². The molecule has 0 bridgehead atoms. The van der Waals surface area contributed by atoms with E-state index < -0.39 is 10.0 Å². The second-order valence-electron chi connectivity index (χ2n) is 7.74. The number of pyridine rings is 2. The van der Waals surface area contributed by atoms with E-state index in [1.54, 1.807) is 18.3 Å². The summed E-state index contributed by atoms with van der Waals surface area (Å²) in [5, 5.41) is 0. The summed E-state index contributed by atoms with van der Waals surface area (Å²) in [5.74, 6) is 0.551. The van der Waals surface area contributed by atoms with Gasteiger partial charge in [0.05, 0.1) is 11.7 Å². The quantitative estimate of drug-likeness (QED) is 0.493. The van der Waals surface area contributed by atoms with Crippen LogP contribution in [-0.2, 0) is 16.4 Å². The smallest absolute Gasteiger partial charge is 0.251 e. The van der Waals surface area contributed by atoms with Gasteiger partial charge in [0.2, 0.25) is 0 Å². The molecule has 0 aromatic carbocycles. The number of halogens is 1. The third-order valence-corrected chi connectivity index (χ3v) is 8.50. The standard InChI is InChI=1S/C22H25N3O3S2.ClH/c1-3-16-13-17(14(2)24-22(16)26)20-9-10-21(29-20)30(27,28)25-19(12-15-7-8-15)18-6-4-5-11-23-18;/h4-6,9-11,13,15,19,25H,3,7-8,12H2,1-2H3,(H,24,26);1H. The molecule has 1 aliphatic rings. The Morgan fingerprint density at radius 1 is 1.26 bits per heavy atom. The number of nitrogens with one attached hydrogen (secondary N) is 2. The van der Waals surface area contributed by atoms with Crippen LogP contribution in [0.5, 0.6) is 0 Å². The van der Waals surface area contributed by atoms with Crippen LogP contribution < -0.4 is 10.3 Å². The fourth-order valence-corrected chi connectivity index (χ4v) is 6.16. The molecule has 3 heterocycles. The Morgan fingerprint density at radius 3 is 2.68 bits per heavy atom. The van der Waals surface area contributed by atoms with Crippen molar-refractivity contribution in [2.24, 2.45) is 5.92 Å². The van der Waals surface area contributed by atoms with Crippen molar-refractivity contribution in [3.05, 3.63) is 69.9 Å². The molecule has 9 heteroatoms. The monoisotopic (exact) mass is 479 g/mol. The molecule has 166 valence electrons. The zero-order chi connectivity index (χ0) is 21.3. The lowest BCUT2D eigenvalue weighted by molar-refractivity contribution is 0.513. The number of aromatic amines is 1. The topological polar surface area (TPSA) is 91.9 Å². The average Bonchev–Trinajstić information content (AvgIpc) is 3.40. The molecule has 2 N–H and O–H groups in total. The second kappa shape index (κ2) is 9.65. The molecule has 31 heavy (non-hydrogen) atoms. The maximum atomic E-state index is 13.1. The van der Waals surface area contributed by atoms with E-state index in [0.717, 1.165) is 41.1 Å². The van der Waals surface area contributed by atoms with Crippen LogP contribution in [-0.4, -0.2) is 18.4 Å². The summed E-state index contributed by atoms with van der Waals surface area (Å²) in [6.07, 6.45) is 5.34. The van der Waals surface area contributed by atoms with Gasteiger partial charge in [-0.05, 0) is 56.0 Å². The van der Waals surface area contributed by atoms with E-state index in [0.29, 0.717) is 17.9 Å². The van der Waals surface area contributed by atoms with Gasteiger partial charge in [0.1, 0.15) is 4.21 Å². The number of hydrogen-bond acceptors (Lipinski definition) is 5. The van der Waals surface area contributed by atoms with E-state index in [4.69, 9.17) is 0 Å². The molecule has 0 spiro atoms. The van der Waals surface area contributed by atoms with Crippen molar-refractivity contribution >= 4 is 33.8 Å². The molecule has 1 aliphatic carbocycles. The van der Waals surface area contributed by atoms with Gasteiger partial charge in [0.25, 0.3) is 15.6 Å². The van der Waals surface area contributed by atoms with Gasteiger partial charge in [-0.3, -0.25) is 9.78 Å². The van der Waals surface area contributed by atoms with Crippen LogP contribution in [0.2, 0.25) is 0 Å². The van der Waals surface area contributed by atoms with Crippen molar-refractivity contribution in [1.29, 1.82) is 0 Å². The Labute approximate surface area is 192 Å². The van der Waals surface area contributed by atoms with Gasteiger partial charge in [0.15, 0.2) is 0 Å².